The predicted octanol–water partition coefficient (Wildman–Crippen LogP) is 5.15. The molecule has 222 valence electrons. The second kappa shape index (κ2) is 12.6. The first-order chi connectivity index (χ1) is 21.3. The Morgan fingerprint density at radius 1 is 0.773 bits per heavy atom. The molecular formula is C32H30N8O2S2. The fourth-order valence-electron chi connectivity index (χ4n) is 5.64. The largest absolute Gasteiger partial charge is 0.320 e. The van der Waals surface area contributed by atoms with Gasteiger partial charge in [0.1, 0.15) is 0 Å². The molecule has 2 aliphatic rings. The Hall–Kier alpha value is -4.46. The van der Waals surface area contributed by atoms with Crippen LogP contribution in [-0.4, -0.2) is 57.8 Å². The Balaban J connectivity index is 1.18. The molecule has 2 aromatic heterocycles. The number of anilines is 2. The van der Waals surface area contributed by atoms with Gasteiger partial charge in [0.2, 0.25) is 0 Å². The molecule has 2 aliphatic heterocycles. The first kappa shape index (κ1) is 29.6. The van der Waals surface area contributed by atoms with Gasteiger partial charge < -0.3 is 10.6 Å². The van der Waals surface area contributed by atoms with E-state index in [0.717, 1.165) is 69.3 Å². The molecule has 12 heteroatoms. The number of nitriles is 2. The molecule has 4 aromatic rings. The number of hydrogen-bond acceptors (Lipinski definition) is 10. The lowest BCUT2D eigenvalue weighted by Crippen LogP contribution is -2.30. The summed E-state index contributed by atoms with van der Waals surface area (Å²) in [7, 11) is 0. The van der Waals surface area contributed by atoms with Crippen LogP contribution >= 0.6 is 22.7 Å². The second-order valence-electron chi connectivity index (χ2n) is 10.9. The van der Waals surface area contributed by atoms with Gasteiger partial charge in [-0.3, -0.25) is 19.4 Å². The van der Waals surface area contributed by atoms with E-state index in [9.17, 15) is 9.59 Å². The van der Waals surface area contributed by atoms with Gasteiger partial charge in [0.25, 0.3) is 11.8 Å². The number of carbonyl (C=O) groups excluding carboxylic acids is 2. The van der Waals surface area contributed by atoms with Crippen molar-refractivity contribution in [3.05, 3.63) is 78.7 Å². The van der Waals surface area contributed by atoms with Gasteiger partial charge in [0, 0.05) is 60.1 Å². The summed E-state index contributed by atoms with van der Waals surface area (Å²) in [5.74, 6) is -0.507. The van der Waals surface area contributed by atoms with Crippen LogP contribution in [0.4, 0.5) is 11.4 Å². The Bertz CT molecular complexity index is 1710. The van der Waals surface area contributed by atoms with E-state index in [1.165, 1.54) is 22.7 Å². The first-order valence-electron chi connectivity index (χ1n) is 14.3. The summed E-state index contributed by atoms with van der Waals surface area (Å²) in [5, 5.41) is 25.0. The van der Waals surface area contributed by atoms with E-state index in [0.29, 0.717) is 47.6 Å². The maximum Gasteiger partial charge on any atom is 0.284 e. The molecule has 0 saturated heterocycles. The van der Waals surface area contributed by atoms with Gasteiger partial charge in [-0.05, 0) is 48.2 Å². The van der Waals surface area contributed by atoms with Gasteiger partial charge in [-0.1, -0.05) is 24.3 Å². The zero-order chi connectivity index (χ0) is 30.8. The zero-order valence-corrected chi connectivity index (χ0v) is 26.1. The van der Waals surface area contributed by atoms with Crippen LogP contribution in [0.15, 0.2) is 36.4 Å². The molecule has 2 aromatic carbocycles. The molecule has 6 rings (SSSR count). The van der Waals surface area contributed by atoms with Crippen molar-refractivity contribution < 1.29 is 9.59 Å². The molecule has 0 atom stereocenters. The molecule has 2 amide bonds. The fraction of sp³-hybridized carbons (Fsp3) is 0.312. The molecule has 0 spiro atoms. The lowest BCUT2D eigenvalue weighted by atomic mass is 9.94. The molecule has 0 fully saturated rings. The van der Waals surface area contributed by atoms with Gasteiger partial charge >= 0.3 is 0 Å². The highest BCUT2D eigenvalue weighted by Gasteiger charge is 2.25. The van der Waals surface area contributed by atoms with Crippen molar-refractivity contribution in [2.45, 2.75) is 39.8 Å². The average molecular weight is 623 g/mol. The molecule has 2 N–H and O–H groups in total. The lowest BCUT2D eigenvalue weighted by Gasteiger charge is -2.22. The number of fused-ring (bicyclic) bond motifs is 2. The van der Waals surface area contributed by atoms with Crippen molar-refractivity contribution in [3.63, 3.8) is 0 Å². The van der Waals surface area contributed by atoms with Crippen molar-refractivity contribution >= 4 is 45.9 Å². The van der Waals surface area contributed by atoms with E-state index in [2.05, 4.69) is 42.5 Å². The van der Waals surface area contributed by atoms with Gasteiger partial charge in [-0.2, -0.15) is 10.5 Å². The van der Waals surface area contributed by atoms with Crippen LogP contribution < -0.4 is 10.6 Å². The average Bonchev–Trinajstić information content (AvgIpc) is 3.64. The molecular weight excluding hydrogens is 593 g/mol. The third-order valence-electron chi connectivity index (χ3n) is 8.05. The Kier molecular flexibility index (Phi) is 8.51. The van der Waals surface area contributed by atoms with E-state index in [-0.39, 0.29) is 11.8 Å². The van der Waals surface area contributed by atoms with E-state index >= 15 is 0 Å². The Labute approximate surface area is 263 Å². The van der Waals surface area contributed by atoms with Crippen LogP contribution in [0.3, 0.4) is 0 Å². The van der Waals surface area contributed by atoms with Crippen LogP contribution in [0.5, 0.6) is 0 Å². The summed E-state index contributed by atoms with van der Waals surface area (Å²) >= 11 is 2.77. The van der Waals surface area contributed by atoms with E-state index in [4.69, 9.17) is 10.5 Å². The standard InChI is InChI=1S/C32H30N8O2S2/c1-19-21(5-3-7-23(19)35-29(41)31-37-25-9-13-39(15-11-33)17-27(25)43-31)22-6-4-8-24(20(22)2)36-30(42)32-38-26-10-14-40(16-12-34)18-28(26)44-32/h3-8H,9-10,13-18H2,1-2H3,(H,35,41)(H,36,42). The van der Waals surface area contributed by atoms with Crippen molar-refractivity contribution in [2.24, 2.45) is 0 Å². The molecule has 0 unspecified atom stereocenters. The molecule has 0 bridgehead atoms. The van der Waals surface area contributed by atoms with Crippen molar-refractivity contribution in [1.82, 2.24) is 19.8 Å². The second-order valence-corrected chi connectivity index (χ2v) is 13.0. The number of nitrogens with one attached hydrogen (secondary N) is 2. The number of nitrogens with zero attached hydrogens (tertiary/aromatic N) is 6. The topological polar surface area (TPSA) is 138 Å². The maximum absolute atomic E-state index is 13.2. The monoisotopic (exact) mass is 622 g/mol. The van der Waals surface area contributed by atoms with Crippen molar-refractivity contribution in [2.75, 3.05) is 36.8 Å². The summed E-state index contributed by atoms with van der Waals surface area (Å²) < 4.78 is 0. The number of carbonyl (C=O) groups is 2. The fourth-order valence-corrected chi connectivity index (χ4v) is 7.73. The van der Waals surface area contributed by atoms with Gasteiger partial charge in [-0.25, -0.2) is 9.97 Å². The molecule has 0 aliphatic carbocycles. The highest BCUT2D eigenvalue weighted by atomic mass is 32.1. The maximum atomic E-state index is 13.2. The minimum absolute atomic E-state index is 0.254. The van der Waals surface area contributed by atoms with Crippen LogP contribution in [0.25, 0.3) is 11.1 Å². The molecule has 0 saturated carbocycles. The lowest BCUT2D eigenvalue weighted by molar-refractivity contribution is 0.101. The first-order valence-corrected chi connectivity index (χ1v) is 16.0. The Morgan fingerprint density at radius 3 is 1.61 bits per heavy atom. The van der Waals surface area contributed by atoms with Crippen LogP contribution in [0, 0.1) is 36.5 Å². The SMILES string of the molecule is Cc1c(NC(=O)c2nc3c(s2)CN(CC#N)CC3)cccc1-c1cccc(NC(=O)c2nc3c(s2)CN(CC#N)CC3)c1C. The zero-order valence-electron chi connectivity index (χ0n) is 24.4. The minimum atomic E-state index is -0.254. The van der Waals surface area contributed by atoms with E-state index < -0.39 is 0 Å². The summed E-state index contributed by atoms with van der Waals surface area (Å²) in [6.07, 6.45) is 1.46. The summed E-state index contributed by atoms with van der Waals surface area (Å²) in [6.45, 7) is 7.48. The quantitative estimate of drug-likeness (QED) is 0.270. The summed E-state index contributed by atoms with van der Waals surface area (Å²) in [5.41, 5.74) is 6.97. The molecule has 4 heterocycles. The van der Waals surface area contributed by atoms with E-state index in [1.807, 2.05) is 50.2 Å². The summed E-state index contributed by atoms with van der Waals surface area (Å²) in [6, 6.07) is 16.0. The molecule has 10 nitrogen and oxygen atoms in total. The Morgan fingerprint density at radius 2 is 1.20 bits per heavy atom. The third-order valence-corrected chi connectivity index (χ3v) is 10.2. The number of rotatable bonds is 7. The smallest absolute Gasteiger partial charge is 0.284 e. The normalized spacial score (nSPS) is 14.6. The minimum Gasteiger partial charge on any atom is -0.320 e. The molecule has 44 heavy (non-hydrogen) atoms. The number of amides is 2. The summed E-state index contributed by atoms with van der Waals surface area (Å²) in [4.78, 5) is 41.9. The molecule has 0 radical (unpaired) electrons. The van der Waals surface area contributed by atoms with Crippen molar-refractivity contribution in [1.29, 1.82) is 10.5 Å². The number of benzene rings is 2. The van der Waals surface area contributed by atoms with Gasteiger partial charge in [-0.15, -0.1) is 22.7 Å². The predicted molar refractivity (Wildman–Crippen MR) is 171 cm³/mol. The number of aromatic nitrogens is 2. The van der Waals surface area contributed by atoms with Gasteiger partial charge in [0.15, 0.2) is 10.0 Å². The number of thiazole rings is 2. The number of hydrogen-bond donors (Lipinski definition) is 2. The van der Waals surface area contributed by atoms with Crippen LogP contribution in [0.1, 0.15) is 51.9 Å². The van der Waals surface area contributed by atoms with Crippen molar-refractivity contribution in [3.8, 4) is 23.3 Å². The highest BCUT2D eigenvalue weighted by Crippen LogP contribution is 2.35. The van der Waals surface area contributed by atoms with E-state index in [1.54, 1.807) is 0 Å². The third kappa shape index (κ3) is 5.98. The van der Waals surface area contributed by atoms with Gasteiger partial charge in [0.05, 0.1) is 36.6 Å². The highest BCUT2D eigenvalue weighted by molar-refractivity contribution is 7.14. The van der Waals surface area contributed by atoms with Crippen LogP contribution in [-0.2, 0) is 25.9 Å². The van der Waals surface area contributed by atoms with Crippen LogP contribution in [0.2, 0.25) is 0 Å².